The number of ether oxygens (including phenoxy) is 1. The lowest BCUT2D eigenvalue weighted by Crippen LogP contribution is -2.14. The van der Waals surface area contributed by atoms with E-state index in [1.54, 1.807) is 0 Å². The van der Waals surface area contributed by atoms with Gasteiger partial charge in [0.05, 0.1) is 0 Å². The van der Waals surface area contributed by atoms with Crippen molar-refractivity contribution >= 4 is 21.6 Å². The maximum absolute atomic E-state index is 13.5. The van der Waals surface area contributed by atoms with E-state index in [2.05, 4.69) is 0 Å². The molecule has 2 aromatic rings. The van der Waals surface area contributed by atoms with E-state index in [0.717, 1.165) is 24.3 Å². The number of benzene rings is 2. The van der Waals surface area contributed by atoms with Crippen LogP contribution in [0.2, 0.25) is 5.02 Å². The summed E-state index contributed by atoms with van der Waals surface area (Å²) in [5, 5.41) is 5.20. The second kappa shape index (κ2) is 5.97. The number of hydrogen-bond acceptors (Lipinski definition) is 3. The zero-order valence-corrected chi connectivity index (χ0v) is 12.1. The van der Waals surface area contributed by atoms with Crippen LogP contribution < -0.4 is 9.88 Å². The Kier molecular flexibility index (Phi) is 4.46. The van der Waals surface area contributed by atoms with Gasteiger partial charge in [0.25, 0.3) is 0 Å². The predicted molar refractivity (Wildman–Crippen MR) is 73.5 cm³/mol. The molecule has 0 aromatic heterocycles. The third-order valence-corrected chi connectivity index (χ3v) is 3.77. The van der Waals surface area contributed by atoms with Gasteiger partial charge in [0.15, 0.2) is 0 Å². The second-order valence-electron chi connectivity index (χ2n) is 4.16. The summed E-state index contributed by atoms with van der Waals surface area (Å²) in [6.45, 7) is -0.353. The van der Waals surface area contributed by atoms with Crippen LogP contribution >= 0.6 is 11.6 Å². The van der Waals surface area contributed by atoms with Crippen LogP contribution in [0.1, 0.15) is 5.56 Å². The van der Waals surface area contributed by atoms with Crippen molar-refractivity contribution in [1.82, 2.24) is 0 Å². The largest absolute Gasteiger partial charge is 0.487 e. The summed E-state index contributed by atoms with van der Waals surface area (Å²) < 4.78 is 54.6. The number of rotatable bonds is 4. The molecule has 112 valence electrons. The molecule has 0 saturated heterocycles. The normalized spacial score (nSPS) is 11.4. The van der Waals surface area contributed by atoms with Crippen molar-refractivity contribution in [1.29, 1.82) is 0 Å². The summed E-state index contributed by atoms with van der Waals surface area (Å²) in [6.07, 6.45) is 0. The van der Waals surface area contributed by atoms with Crippen LogP contribution in [-0.4, -0.2) is 8.42 Å². The molecule has 0 unspecified atom stereocenters. The lowest BCUT2D eigenvalue weighted by Gasteiger charge is -2.11. The first kappa shape index (κ1) is 15.7. The summed E-state index contributed by atoms with van der Waals surface area (Å²) in [6, 6.07) is 6.69. The molecule has 4 nitrogen and oxygen atoms in total. The van der Waals surface area contributed by atoms with Gasteiger partial charge in [-0.2, -0.15) is 0 Å². The van der Waals surface area contributed by atoms with E-state index in [0.29, 0.717) is 0 Å². The Hall–Kier alpha value is -1.70. The van der Waals surface area contributed by atoms with E-state index in [1.165, 1.54) is 12.1 Å². The Balaban J connectivity index is 2.30. The molecule has 0 saturated carbocycles. The topological polar surface area (TPSA) is 69.4 Å². The maximum Gasteiger partial charge on any atom is 0.241 e. The molecule has 21 heavy (non-hydrogen) atoms. The lowest BCUT2D eigenvalue weighted by molar-refractivity contribution is 0.291. The van der Waals surface area contributed by atoms with Crippen LogP contribution in [-0.2, 0) is 16.6 Å². The van der Waals surface area contributed by atoms with Crippen LogP contribution in [0, 0.1) is 11.6 Å². The first-order valence-corrected chi connectivity index (χ1v) is 7.59. The second-order valence-corrected chi connectivity index (χ2v) is 6.13. The summed E-state index contributed by atoms with van der Waals surface area (Å²) in [7, 11) is -4.06. The van der Waals surface area contributed by atoms with E-state index in [-0.39, 0.29) is 27.8 Å². The average molecular weight is 334 g/mol. The van der Waals surface area contributed by atoms with Crippen LogP contribution in [0.4, 0.5) is 8.78 Å². The summed E-state index contributed by atoms with van der Waals surface area (Å²) in [5.74, 6) is -1.38. The van der Waals surface area contributed by atoms with Gasteiger partial charge in [0.1, 0.15) is 28.9 Å². The fourth-order valence-electron chi connectivity index (χ4n) is 1.63. The van der Waals surface area contributed by atoms with Crippen LogP contribution in [0.3, 0.4) is 0 Å². The van der Waals surface area contributed by atoms with Gasteiger partial charge in [-0.15, -0.1) is 0 Å². The third kappa shape index (κ3) is 3.90. The van der Waals surface area contributed by atoms with Crippen molar-refractivity contribution in [3.8, 4) is 5.75 Å². The summed E-state index contributed by atoms with van der Waals surface area (Å²) in [5.41, 5.74) is -0.0506. The van der Waals surface area contributed by atoms with Gasteiger partial charge in [-0.25, -0.2) is 22.3 Å². The Morgan fingerprint density at radius 3 is 2.52 bits per heavy atom. The van der Waals surface area contributed by atoms with Crippen molar-refractivity contribution in [2.45, 2.75) is 11.5 Å². The monoisotopic (exact) mass is 333 g/mol. The molecule has 0 bridgehead atoms. The van der Waals surface area contributed by atoms with E-state index in [9.17, 15) is 17.2 Å². The molecule has 0 atom stereocenters. The molecule has 8 heteroatoms. The Morgan fingerprint density at radius 1 is 1.14 bits per heavy atom. The van der Waals surface area contributed by atoms with E-state index >= 15 is 0 Å². The average Bonchev–Trinajstić information content (AvgIpc) is 2.40. The third-order valence-electron chi connectivity index (χ3n) is 2.60. The number of sulfonamides is 1. The highest BCUT2D eigenvalue weighted by atomic mass is 35.5. The first-order valence-electron chi connectivity index (χ1n) is 5.66. The minimum absolute atomic E-state index is 0.0506. The highest BCUT2D eigenvalue weighted by Crippen LogP contribution is 2.27. The first-order chi connectivity index (χ1) is 9.77. The van der Waals surface area contributed by atoms with Crippen molar-refractivity contribution < 1.29 is 21.9 Å². The highest BCUT2D eigenvalue weighted by molar-refractivity contribution is 7.89. The molecule has 0 heterocycles. The summed E-state index contributed by atoms with van der Waals surface area (Å²) >= 11 is 5.70. The fraction of sp³-hybridized carbons (Fsp3) is 0.0769. The number of halogens is 3. The van der Waals surface area contributed by atoms with Crippen LogP contribution in [0.15, 0.2) is 41.3 Å². The Labute approximate surface area is 125 Å². The molecule has 0 aliphatic heterocycles. The Morgan fingerprint density at radius 2 is 1.86 bits per heavy atom. The summed E-state index contributed by atoms with van der Waals surface area (Å²) in [4.78, 5) is -0.327. The maximum atomic E-state index is 13.5. The molecule has 0 aliphatic rings. The zero-order chi connectivity index (χ0) is 15.6. The van der Waals surface area contributed by atoms with Gasteiger partial charge in [-0.1, -0.05) is 11.6 Å². The molecule has 0 fully saturated rings. The smallest absolute Gasteiger partial charge is 0.241 e. The van der Waals surface area contributed by atoms with Crippen LogP contribution in [0.25, 0.3) is 0 Å². The van der Waals surface area contributed by atoms with E-state index < -0.39 is 21.7 Å². The standard InChI is InChI=1S/C13H10ClF2NO3S/c14-9-1-4-12(13(6-9)21(17,18)19)20-7-8-5-10(15)2-3-11(8)16/h1-6H,7H2,(H2,17,18,19). The molecule has 0 radical (unpaired) electrons. The van der Waals surface area contributed by atoms with Crippen molar-refractivity contribution in [3.63, 3.8) is 0 Å². The lowest BCUT2D eigenvalue weighted by atomic mass is 10.2. The molecule has 0 spiro atoms. The molecule has 2 rings (SSSR count). The van der Waals surface area contributed by atoms with E-state index in [4.69, 9.17) is 21.5 Å². The van der Waals surface area contributed by atoms with Gasteiger partial charge in [-0.3, -0.25) is 0 Å². The molecule has 0 amide bonds. The van der Waals surface area contributed by atoms with E-state index in [1.807, 2.05) is 0 Å². The van der Waals surface area contributed by atoms with Crippen LogP contribution in [0.5, 0.6) is 5.75 Å². The fourth-order valence-corrected chi connectivity index (χ4v) is 2.57. The number of primary sulfonamides is 1. The SMILES string of the molecule is NS(=O)(=O)c1cc(Cl)ccc1OCc1cc(F)ccc1F. The van der Waals surface area contributed by atoms with Crippen molar-refractivity contribution in [2.24, 2.45) is 5.14 Å². The minimum atomic E-state index is -4.06. The molecular formula is C13H10ClF2NO3S. The number of hydrogen-bond donors (Lipinski definition) is 1. The van der Waals surface area contributed by atoms with Gasteiger partial charge < -0.3 is 4.74 Å². The molecule has 2 aromatic carbocycles. The quantitative estimate of drug-likeness (QED) is 0.935. The minimum Gasteiger partial charge on any atom is -0.487 e. The number of nitrogens with two attached hydrogens (primary N) is 1. The van der Waals surface area contributed by atoms with Crippen molar-refractivity contribution in [2.75, 3.05) is 0 Å². The van der Waals surface area contributed by atoms with Gasteiger partial charge in [-0.05, 0) is 36.4 Å². The predicted octanol–water partition coefficient (Wildman–Crippen LogP) is 2.84. The highest BCUT2D eigenvalue weighted by Gasteiger charge is 2.16. The van der Waals surface area contributed by atoms with Gasteiger partial charge >= 0.3 is 0 Å². The molecule has 2 N–H and O–H groups in total. The zero-order valence-electron chi connectivity index (χ0n) is 10.5. The molecular weight excluding hydrogens is 324 g/mol. The molecule has 0 aliphatic carbocycles. The Bertz CT molecular complexity index is 781. The van der Waals surface area contributed by atoms with Gasteiger partial charge in [0, 0.05) is 10.6 Å². The van der Waals surface area contributed by atoms with Gasteiger partial charge in [0.2, 0.25) is 10.0 Å². The van der Waals surface area contributed by atoms with Crippen molar-refractivity contribution in [3.05, 3.63) is 58.6 Å².